The van der Waals surface area contributed by atoms with Gasteiger partial charge in [-0.25, -0.2) is 13.1 Å². The van der Waals surface area contributed by atoms with E-state index in [1.54, 1.807) is 24.3 Å². The SMILES string of the molecule is O=C(O)C(NS(=O)(=O)Cc1ccccc1)C1CCCCC1. The third-order valence-electron chi connectivity index (χ3n) is 3.89. The highest BCUT2D eigenvalue weighted by Crippen LogP contribution is 2.27. The lowest BCUT2D eigenvalue weighted by atomic mass is 9.84. The van der Waals surface area contributed by atoms with E-state index in [4.69, 9.17) is 0 Å². The number of rotatable bonds is 6. The minimum absolute atomic E-state index is 0.109. The monoisotopic (exact) mass is 311 g/mol. The molecule has 1 aromatic carbocycles. The molecule has 6 heteroatoms. The van der Waals surface area contributed by atoms with E-state index >= 15 is 0 Å². The van der Waals surface area contributed by atoms with Crippen molar-refractivity contribution in [3.8, 4) is 0 Å². The van der Waals surface area contributed by atoms with Gasteiger partial charge in [0.2, 0.25) is 10.0 Å². The van der Waals surface area contributed by atoms with Gasteiger partial charge in [-0.1, -0.05) is 49.6 Å². The minimum atomic E-state index is -3.66. The first-order valence-electron chi connectivity index (χ1n) is 7.25. The maximum atomic E-state index is 12.2. The summed E-state index contributed by atoms with van der Waals surface area (Å²) in [6, 6.07) is 7.76. The van der Waals surface area contributed by atoms with Gasteiger partial charge in [-0.15, -0.1) is 0 Å². The lowest BCUT2D eigenvalue weighted by Gasteiger charge is -2.27. The number of benzene rings is 1. The molecule has 0 bridgehead atoms. The zero-order chi connectivity index (χ0) is 15.3. The van der Waals surface area contributed by atoms with E-state index in [-0.39, 0.29) is 11.7 Å². The molecule has 2 N–H and O–H groups in total. The summed E-state index contributed by atoms with van der Waals surface area (Å²) in [6.07, 6.45) is 4.57. The predicted molar refractivity (Wildman–Crippen MR) is 80.2 cm³/mol. The summed E-state index contributed by atoms with van der Waals surface area (Å²) < 4.78 is 26.7. The van der Waals surface area contributed by atoms with E-state index in [0.29, 0.717) is 5.56 Å². The quantitative estimate of drug-likeness (QED) is 0.843. The number of carbonyl (C=O) groups is 1. The molecular weight excluding hydrogens is 290 g/mol. The molecule has 0 spiro atoms. The second-order valence-electron chi connectivity index (χ2n) is 5.58. The van der Waals surface area contributed by atoms with Gasteiger partial charge in [0, 0.05) is 0 Å². The molecule has 1 aromatic rings. The van der Waals surface area contributed by atoms with Crippen LogP contribution in [0.25, 0.3) is 0 Å². The molecule has 1 fully saturated rings. The maximum absolute atomic E-state index is 12.2. The summed E-state index contributed by atoms with van der Waals surface area (Å²) in [5.74, 6) is -1.38. The van der Waals surface area contributed by atoms with Crippen molar-refractivity contribution in [3.05, 3.63) is 35.9 Å². The van der Waals surface area contributed by atoms with Crippen molar-refractivity contribution in [1.82, 2.24) is 4.72 Å². The van der Waals surface area contributed by atoms with Gasteiger partial charge in [-0.2, -0.15) is 0 Å². The van der Waals surface area contributed by atoms with Crippen molar-refractivity contribution in [2.24, 2.45) is 5.92 Å². The molecule has 0 heterocycles. The van der Waals surface area contributed by atoms with E-state index < -0.39 is 22.0 Å². The third-order valence-corrected chi connectivity index (χ3v) is 5.22. The van der Waals surface area contributed by atoms with Crippen LogP contribution in [-0.4, -0.2) is 25.5 Å². The van der Waals surface area contributed by atoms with Crippen molar-refractivity contribution in [2.75, 3.05) is 0 Å². The first kappa shape index (κ1) is 16.0. The number of hydrogen-bond acceptors (Lipinski definition) is 3. The van der Waals surface area contributed by atoms with Gasteiger partial charge in [0.05, 0.1) is 5.75 Å². The average Bonchev–Trinajstić information content (AvgIpc) is 2.46. The first-order chi connectivity index (χ1) is 9.98. The summed E-state index contributed by atoms with van der Waals surface area (Å²) in [5.41, 5.74) is 0.651. The van der Waals surface area contributed by atoms with E-state index in [1.165, 1.54) is 0 Å². The van der Waals surface area contributed by atoms with Crippen molar-refractivity contribution < 1.29 is 18.3 Å². The van der Waals surface area contributed by atoms with Crippen LogP contribution >= 0.6 is 0 Å². The largest absolute Gasteiger partial charge is 0.480 e. The van der Waals surface area contributed by atoms with Gasteiger partial charge in [-0.3, -0.25) is 4.79 Å². The highest BCUT2D eigenvalue weighted by molar-refractivity contribution is 7.88. The third kappa shape index (κ3) is 4.82. The van der Waals surface area contributed by atoms with Crippen molar-refractivity contribution in [3.63, 3.8) is 0 Å². The molecule has 1 aliphatic rings. The zero-order valence-electron chi connectivity index (χ0n) is 11.9. The second kappa shape index (κ2) is 7.04. The van der Waals surface area contributed by atoms with Gasteiger partial charge in [0.25, 0.3) is 0 Å². The van der Waals surface area contributed by atoms with Crippen molar-refractivity contribution in [1.29, 1.82) is 0 Å². The summed E-state index contributed by atoms with van der Waals surface area (Å²) in [6.45, 7) is 0. The smallest absolute Gasteiger partial charge is 0.322 e. The Labute approximate surface area is 125 Å². The lowest BCUT2D eigenvalue weighted by molar-refractivity contribution is -0.140. The molecule has 21 heavy (non-hydrogen) atoms. The van der Waals surface area contributed by atoms with Gasteiger partial charge in [-0.05, 0) is 24.3 Å². The Bertz CT molecular complexity index is 565. The number of hydrogen-bond donors (Lipinski definition) is 2. The van der Waals surface area contributed by atoms with Gasteiger partial charge >= 0.3 is 5.97 Å². The van der Waals surface area contributed by atoms with E-state index in [9.17, 15) is 18.3 Å². The first-order valence-corrected chi connectivity index (χ1v) is 8.90. The van der Waals surface area contributed by atoms with Crippen LogP contribution < -0.4 is 4.72 Å². The predicted octanol–water partition coefficient (Wildman–Crippen LogP) is 2.14. The summed E-state index contributed by atoms with van der Waals surface area (Å²) >= 11 is 0. The van der Waals surface area contributed by atoms with E-state index in [2.05, 4.69) is 4.72 Å². The van der Waals surface area contributed by atoms with E-state index in [0.717, 1.165) is 32.1 Å². The number of carboxylic acid groups (broad SMARTS) is 1. The van der Waals surface area contributed by atoms with Crippen LogP contribution in [-0.2, 0) is 20.6 Å². The molecule has 2 rings (SSSR count). The minimum Gasteiger partial charge on any atom is -0.480 e. The Kier molecular flexibility index (Phi) is 5.36. The molecule has 0 saturated heterocycles. The Morgan fingerprint density at radius 1 is 1.19 bits per heavy atom. The molecule has 0 amide bonds. The highest BCUT2D eigenvalue weighted by atomic mass is 32.2. The molecule has 0 radical (unpaired) electrons. The van der Waals surface area contributed by atoms with Crippen LogP contribution in [0.2, 0.25) is 0 Å². The Balaban J connectivity index is 2.06. The molecule has 0 aliphatic heterocycles. The molecule has 1 saturated carbocycles. The Hall–Kier alpha value is -1.40. The lowest BCUT2D eigenvalue weighted by Crippen LogP contribution is -2.46. The zero-order valence-corrected chi connectivity index (χ0v) is 12.7. The number of aliphatic carboxylic acids is 1. The van der Waals surface area contributed by atoms with Crippen LogP contribution in [0.15, 0.2) is 30.3 Å². The number of sulfonamides is 1. The Morgan fingerprint density at radius 3 is 2.38 bits per heavy atom. The van der Waals surface area contributed by atoms with Crippen LogP contribution in [0.3, 0.4) is 0 Å². The molecule has 0 aromatic heterocycles. The molecule has 1 aliphatic carbocycles. The molecule has 5 nitrogen and oxygen atoms in total. The van der Waals surface area contributed by atoms with Gasteiger partial charge in [0.1, 0.15) is 6.04 Å². The van der Waals surface area contributed by atoms with Crippen LogP contribution in [0.1, 0.15) is 37.7 Å². The van der Waals surface area contributed by atoms with Crippen LogP contribution in [0.5, 0.6) is 0 Å². The standard InChI is InChI=1S/C15H21NO4S/c17-15(18)14(13-9-5-2-6-10-13)16-21(19,20)11-12-7-3-1-4-8-12/h1,3-4,7-8,13-14,16H,2,5-6,9-11H2,(H,17,18). The van der Waals surface area contributed by atoms with Crippen LogP contribution in [0.4, 0.5) is 0 Å². The van der Waals surface area contributed by atoms with E-state index in [1.807, 2.05) is 6.07 Å². The molecule has 116 valence electrons. The number of nitrogens with one attached hydrogen (secondary N) is 1. The summed E-state index contributed by atoms with van der Waals surface area (Å²) in [4.78, 5) is 11.4. The normalized spacial score (nSPS) is 18.3. The summed E-state index contributed by atoms with van der Waals surface area (Å²) in [7, 11) is -3.66. The van der Waals surface area contributed by atoms with Gasteiger partial charge < -0.3 is 5.11 Å². The summed E-state index contributed by atoms with van der Waals surface area (Å²) in [5, 5.41) is 9.33. The van der Waals surface area contributed by atoms with Gasteiger partial charge in [0.15, 0.2) is 0 Å². The fourth-order valence-corrected chi connectivity index (χ4v) is 4.24. The fourth-order valence-electron chi connectivity index (χ4n) is 2.84. The topological polar surface area (TPSA) is 83.5 Å². The molecule has 1 unspecified atom stereocenters. The molecular formula is C15H21NO4S. The van der Waals surface area contributed by atoms with Crippen molar-refractivity contribution in [2.45, 2.75) is 43.9 Å². The fraction of sp³-hybridized carbons (Fsp3) is 0.533. The maximum Gasteiger partial charge on any atom is 0.322 e. The molecule has 1 atom stereocenters. The Morgan fingerprint density at radius 2 is 1.81 bits per heavy atom. The average molecular weight is 311 g/mol. The highest BCUT2D eigenvalue weighted by Gasteiger charge is 2.32. The van der Waals surface area contributed by atoms with Crippen LogP contribution in [0, 0.1) is 5.92 Å². The van der Waals surface area contributed by atoms with Crippen molar-refractivity contribution >= 4 is 16.0 Å². The number of carboxylic acids is 1. The second-order valence-corrected chi connectivity index (χ2v) is 7.33.